The molecule has 1 atom stereocenters. The minimum atomic E-state index is -0.463. The minimum Gasteiger partial charge on any atom is -0.377 e. The molecule has 0 spiro atoms. The first-order valence-electron chi connectivity index (χ1n) is 11.7. The second kappa shape index (κ2) is 8.95. The number of fused-ring (bicyclic) bond motifs is 1. The Balaban J connectivity index is 1.63. The summed E-state index contributed by atoms with van der Waals surface area (Å²) in [4.78, 5) is 14.5. The zero-order valence-electron chi connectivity index (χ0n) is 18.2. The number of aromatic nitrogens is 3. The van der Waals surface area contributed by atoms with E-state index in [1.807, 2.05) is 12.3 Å². The third-order valence-electron chi connectivity index (χ3n) is 6.89. The number of halogens is 1. The number of hydrogen-bond donors (Lipinski definition) is 1. The number of rotatable bonds is 3. The molecular formula is C25H31FN4O. The summed E-state index contributed by atoms with van der Waals surface area (Å²) in [5, 5.41) is 0.829. The molecule has 1 saturated carbocycles. The third kappa shape index (κ3) is 4.18. The third-order valence-corrected chi connectivity index (χ3v) is 6.89. The summed E-state index contributed by atoms with van der Waals surface area (Å²) in [5.74, 6) is 0.964. The van der Waals surface area contributed by atoms with E-state index < -0.39 is 5.95 Å². The van der Waals surface area contributed by atoms with Crippen molar-refractivity contribution < 1.29 is 9.13 Å². The van der Waals surface area contributed by atoms with Gasteiger partial charge in [-0.1, -0.05) is 32.1 Å². The lowest BCUT2D eigenvalue weighted by Gasteiger charge is -2.35. The standard InChI is InChI=1S/C25H31FN4O/c1-17-16-31-12-11-30(17)23-14-19(18-7-5-3-2-4-6-8-18)13-21(29-23)24-20-9-10-27-22(20)15-28-25(24)26/h9-10,13-15,17-18,27H,2-8,11-12,16H2,1H3/t17-/m1/s1. The highest BCUT2D eigenvalue weighted by Crippen LogP contribution is 2.37. The molecule has 0 unspecified atom stereocenters. The quantitative estimate of drug-likeness (QED) is 0.541. The Hall–Kier alpha value is -2.47. The molecule has 4 heterocycles. The molecule has 5 nitrogen and oxygen atoms in total. The van der Waals surface area contributed by atoms with Crippen molar-refractivity contribution in [3.8, 4) is 11.3 Å². The number of nitrogens with one attached hydrogen (secondary N) is 1. The first-order chi connectivity index (χ1) is 15.2. The van der Waals surface area contributed by atoms with Crippen molar-refractivity contribution in [1.82, 2.24) is 15.0 Å². The summed E-state index contributed by atoms with van der Waals surface area (Å²) < 4.78 is 20.7. The fourth-order valence-corrected chi connectivity index (χ4v) is 5.15. The number of anilines is 1. The summed E-state index contributed by atoms with van der Waals surface area (Å²) in [6.45, 7) is 4.35. The SMILES string of the molecule is C[C@@H]1COCCN1c1cc(C2CCCCCCC2)cc(-c2c(F)ncc3[nH]ccc23)n1. The molecule has 5 rings (SSSR count). The lowest BCUT2D eigenvalue weighted by Crippen LogP contribution is -2.44. The van der Waals surface area contributed by atoms with Gasteiger partial charge in [-0.05, 0) is 49.4 Å². The van der Waals surface area contributed by atoms with E-state index in [1.54, 1.807) is 6.20 Å². The molecule has 1 N–H and O–H groups in total. The van der Waals surface area contributed by atoms with Crippen LogP contribution in [0.3, 0.4) is 0 Å². The van der Waals surface area contributed by atoms with Crippen LogP contribution in [0.1, 0.15) is 63.4 Å². The van der Waals surface area contributed by atoms with Crippen LogP contribution in [-0.4, -0.2) is 40.8 Å². The molecule has 0 bridgehead atoms. The first kappa shape index (κ1) is 20.4. The largest absolute Gasteiger partial charge is 0.377 e. The monoisotopic (exact) mass is 422 g/mol. The second-order valence-electron chi connectivity index (χ2n) is 9.03. The van der Waals surface area contributed by atoms with Crippen molar-refractivity contribution in [3.63, 3.8) is 0 Å². The van der Waals surface area contributed by atoms with Gasteiger partial charge in [0.1, 0.15) is 5.82 Å². The van der Waals surface area contributed by atoms with E-state index in [-0.39, 0.29) is 6.04 Å². The molecule has 1 aliphatic heterocycles. The maximum atomic E-state index is 15.0. The minimum absolute atomic E-state index is 0.243. The van der Waals surface area contributed by atoms with E-state index in [0.29, 0.717) is 30.4 Å². The number of H-pyrrole nitrogens is 1. The van der Waals surface area contributed by atoms with E-state index in [9.17, 15) is 0 Å². The number of nitrogens with zero attached hydrogens (tertiary/aromatic N) is 3. The average Bonchev–Trinajstić information content (AvgIpc) is 3.22. The second-order valence-corrected chi connectivity index (χ2v) is 9.03. The lowest BCUT2D eigenvalue weighted by atomic mass is 9.85. The van der Waals surface area contributed by atoms with Crippen molar-refractivity contribution in [2.24, 2.45) is 0 Å². The first-order valence-corrected chi connectivity index (χ1v) is 11.7. The Morgan fingerprint density at radius 1 is 1.13 bits per heavy atom. The van der Waals surface area contributed by atoms with Gasteiger partial charge in [-0.15, -0.1) is 0 Å². The van der Waals surface area contributed by atoms with Crippen molar-refractivity contribution in [2.75, 3.05) is 24.7 Å². The summed E-state index contributed by atoms with van der Waals surface area (Å²) in [5.41, 5.74) is 3.29. The molecule has 164 valence electrons. The molecule has 1 saturated heterocycles. The Morgan fingerprint density at radius 3 is 2.74 bits per heavy atom. The van der Waals surface area contributed by atoms with Crippen LogP contribution in [0.15, 0.2) is 30.6 Å². The Morgan fingerprint density at radius 2 is 1.94 bits per heavy atom. The molecule has 1 aliphatic carbocycles. The average molecular weight is 423 g/mol. The van der Waals surface area contributed by atoms with Crippen molar-refractivity contribution in [3.05, 3.63) is 42.1 Å². The predicted octanol–water partition coefficient (Wildman–Crippen LogP) is 5.82. The van der Waals surface area contributed by atoms with Gasteiger partial charge < -0.3 is 14.6 Å². The molecule has 3 aromatic rings. The highest BCUT2D eigenvalue weighted by atomic mass is 19.1. The highest BCUT2D eigenvalue weighted by molar-refractivity contribution is 5.93. The van der Waals surface area contributed by atoms with E-state index in [2.05, 4.69) is 33.9 Å². The van der Waals surface area contributed by atoms with Crippen LogP contribution in [0, 0.1) is 5.95 Å². The van der Waals surface area contributed by atoms with Crippen molar-refractivity contribution in [1.29, 1.82) is 0 Å². The van der Waals surface area contributed by atoms with Gasteiger partial charge in [-0.25, -0.2) is 9.97 Å². The van der Waals surface area contributed by atoms with Gasteiger partial charge >= 0.3 is 0 Å². The Labute approximate surface area is 183 Å². The zero-order valence-corrected chi connectivity index (χ0v) is 18.2. The number of ether oxygens (including phenoxy) is 1. The predicted molar refractivity (Wildman–Crippen MR) is 122 cm³/mol. The van der Waals surface area contributed by atoms with Gasteiger partial charge in [0.05, 0.1) is 42.2 Å². The summed E-state index contributed by atoms with van der Waals surface area (Å²) in [6, 6.07) is 6.53. The van der Waals surface area contributed by atoms with Crippen LogP contribution in [0.5, 0.6) is 0 Å². The molecular weight excluding hydrogens is 391 g/mol. The van der Waals surface area contributed by atoms with Gasteiger partial charge in [0.15, 0.2) is 0 Å². The van der Waals surface area contributed by atoms with Gasteiger partial charge in [0, 0.05) is 18.1 Å². The number of hydrogen-bond acceptors (Lipinski definition) is 4. The fraction of sp³-hybridized carbons (Fsp3) is 0.520. The van der Waals surface area contributed by atoms with Crippen LogP contribution in [-0.2, 0) is 4.74 Å². The van der Waals surface area contributed by atoms with Crippen molar-refractivity contribution >= 4 is 16.7 Å². The molecule has 0 radical (unpaired) electrons. The highest BCUT2D eigenvalue weighted by Gasteiger charge is 2.24. The maximum absolute atomic E-state index is 15.0. The number of aromatic amines is 1. The lowest BCUT2D eigenvalue weighted by molar-refractivity contribution is 0.0985. The maximum Gasteiger partial charge on any atom is 0.223 e. The molecule has 0 aromatic carbocycles. The van der Waals surface area contributed by atoms with E-state index >= 15 is 4.39 Å². The number of morpholine rings is 1. The molecule has 2 aliphatic rings. The molecule has 31 heavy (non-hydrogen) atoms. The number of pyridine rings is 2. The topological polar surface area (TPSA) is 54.0 Å². The van der Waals surface area contributed by atoms with Crippen molar-refractivity contribution in [2.45, 2.75) is 63.8 Å². The molecule has 6 heteroatoms. The molecule has 2 fully saturated rings. The van der Waals surface area contributed by atoms with E-state index in [0.717, 1.165) is 23.3 Å². The summed E-state index contributed by atoms with van der Waals surface area (Å²) >= 11 is 0. The van der Waals surface area contributed by atoms with Crippen LogP contribution in [0.4, 0.5) is 10.2 Å². The summed E-state index contributed by atoms with van der Waals surface area (Å²) in [7, 11) is 0. The van der Waals surface area contributed by atoms with Gasteiger partial charge in [0.2, 0.25) is 5.95 Å². The molecule has 0 amide bonds. The van der Waals surface area contributed by atoms with Gasteiger partial charge in [-0.2, -0.15) is 4.39 Å². The Kier molecular flexibility index (Phi) is 5.90. The summed E-state index contributed by atoms with van der Waals surface area (Å²) in [6.07, 6.45) is 12.2. The van der Waals surface area contributed by atoms with Gasteiger partial charge in [0.25, 0.3) is 0 Å². The molecule has 3 aromatic heterocycles. The van der Waals surface area contributed by atoms with Gasteiger partial charge in [-0.3, -0.25) is 0 Å². The zero-order chi connectivity index (χ0) is 21.2. The fourth-order valence-electron chi connectivity index (χ4n) is 5.15. The van der Waals surface area contributed by atoms with Crippen LogP contribution in [0.2, 0.25) is 0 Å². The van der Waals surface area contributed by atoms with Crippen LogP contribution >= 0.6 is 0 Å². The van der Waals surface area contributed by atoms with Crippen LogP contribution < -0.4 is 4.90 Å². The van der Waals surface area contributed by atoms with Crippen LogP contribution in [0.25, 0.3) is 22.2 Å². The van der Waals surface area contributed by atoms with E-state index in [4.69, 9.17) is 9.72 Å². The smallest absolute Gasteiger partial charge is 0.223 e. The van der Waals surface area contributed by atoms with E-state index in [1.165, 1.54) is 50.5 Å². The Bertz CT molecular complexity index is 1040. The normalized spacial score (nSPS) is 21.2.